The van der Waals surface area contributed by atoms with Gasteiger partial charge in [-0.2, -0.15) is 18.3 Å². The Bertz CT molecular complexity index is 633. The largest absolute Gasteiger partial charge is 0.433 e. The molecule has 0 spiro atoms. The highest BCUT2D eigenvalue weighted by molar-refractivity contribution is 5.93. The maximum absolute atomic E-state index is 12.9. The Kier molecular flexibility index (Phi) is 3.17. The van der Waals surface area contributed by atoms with E-state index in [2.05, 4.69) is 15.4 Å². The normalized spacial score (nSPS) is 11.8. The van der Waals surface area contributed by atoms with Gasteiger partial charge < -0.3 is 5.32 Å². The van der Waals surface area contributed by atoms with Crippen LogP contribution in [-0.4, -0.2) is 27.0 Å². The Hall–Kier alpha value is -2.12. The van der Waals surface area contributed by atoms with Crippen LogP contribution in [0.2, 0.25) is 0 Å². The highest BCUT2D eigenvalue weighted by atomic mass is 19.4. The van der Waals surface area contributed by atoms with Gasteiger partial charge in [0.05, 0.1) is 0 Å². The molecule has 8 heteroatoms. The lowest BCUT2D eigenvalue weighted by Gasteiger charge is -2.08. The number of aromatic nitrogens is 3. The van der Waals surface area contributed by atoms with Gasteiger partial charge in [0.25, 0.3) is 5.91 Å². The molecule has 0 aliphatic carbocycles. The number of hydrogen-bond acceptors (Lipinski definition) is 3. The van der Waals surface area contributed by atoms with Gasteiger partial charge in [-0.15, -0.1) is 0 Å². The SMILES string of the molecule is CCNC(=O)c1cc2nc(C)cc(C(F)(F)F)n2n1. The molecule has 2 heterocycles. The maximum atomic E-state index is 12.9. The number of fused-ring (bicyclic) bond motifs is 1. The summed E-state index contributed by atoms with van der Waals surface area (Å²) in [6.07, 6.45) is -4.56. The van der Waals surface area contributed by atoms with Crippen LogP contribution in [0.5, 0.6) is 0 Å². The second kappa shape index (κ2) is 4.52. The van der Waals surface area contributed by atoms with Crippen LogP contribution >= 0.6 is 0 Å². The summed E-state index contributed by atoms with van der Waals surface area (Å²) < 4.78 is 39.2. The number of nitrogens with zero attached hydrogens (tertiary/aromatic N) is 3. The van der Waals surface area contributed by atoms with Crippen LogP contribution in [-0.2, 0) is 6.18 Å². The molecule has 0 aromatic carbocycles. The molecule has 5 nitrogen and oxygen atoms in total. The lowest BCUT2D eigenvalue weighted by Crippen LogP contribution is -2.23. The third-order valence-corrected chi connectivity index (χ3v) is 2.42. The van der Waals surface area contributed by atoms with Crippen LogP contribution in [0.3, 0.4) is 0 Å². The first-order chi connectivity index (χ1) is 8.82. The number of aryl methyl sites for hydroxylation is 1. The van der Waals surface area contributed by atoms with E-state index in [4.69, 9.17) is 0 Å². The van der Waals surface area contributed by atoms with Crippen molar-refractivity contribution < 1.29 is 18.0 Å². The number of rotatable bonds is 2. The van der Waals surface area contributed by atoms with E-state index in [9.17, 15) is 18.0 Å². The van der Waals surface area contributed by atoms with E-state index in [-0.39, 0.29) is 17.0 Å². The first-order valence-corrected chi connectivity index (χ1v) is 5.55. The molecule has 0 fully saturated rings. The lowest BCUT2D eigenvalue weighted by molar-refractivity contribution is -0.142. The Morgan fingerprint density at radius 2 is 2.11 bits per heavy atom. The zero-order valence-electron chi connectivity index (χ0n) is 10.2. The number of nitrogens with one attached hydrogen (secondary N) is 1. The summed E-state index contributed by atoms with van der Waals surface area (Å²) in [5.74, 6) is -0.529. The first kappa shape index (κ1) is 13.3. The van der Waals surface area contributed by atoms with Gasteiger partial charge in [0.1, 0.15) is 5.69 Å². The van der Waals surface area contributed by atoms with Crippen molar-refractivity contribution in [1.29, 1.82) is 0 Å². The van der Waals surface area contributed by atoms with Crippen LogP contribution in [0.15, 0.2) is 12.1 Å². The quantitative estimate of drug-likeness (QED) is 0.907. The predicted octanol–water partition coefficient (Wildman–Crippen LogP) is 1.81. The molecule has 19 heavy (non-hydrogen) atoms. The van der Waals surface area contributed by atoms with Gasteiger partial charge in [-0.3, -0.25) is 4.79 Å². The Morgan fingerprint density at radius 1 is 1.42 bits per heavy atom. The van der Waals surface area contributed by atoms with Crippen LogP contribution in [0.4, 0.5) is 13.2 Å². The third-order valence-electron chi connectivity index (χ3n) is 2.42. The second-order valence-corrected chi connectivity index (χ2v) is 3.94. The fourth-order valence-corrected chi connectivity index (χ4v) is 1.66. The van der Waals surface area contributed by atoms with Crippen LogP contribution in [0.25, 0.3) is 5.65 Å². The predicted molar refractivity (Wildman–Crippen MR) is 60.7 cm³/mol. The standard InChI is InChI=1S/C11H11F3N4O/c1-3-15-10(19)7-5-9-16-6(2)4-8(11(12,13)14)18(9)17-7/h4-5H,3H2,1-2H3,(H,15,19). The van der Waals surface area contributed by atoms with Crippen LogP contribution < -0.4 is 5.32 Å². The topological polar surface area (TPSA) is 59.3 Å². The van der Waals surface area contributed by atoms with Crippen molar-refractivity contribution in [1.82, 2.24) is 19.9 Å². The van der Waals surface area contributed by atoms with E-state index in [1.165, 1.54) is 13.0 Å². The van der Waals surface area contributed by atoms with Crippen molar-refractivity contribution >= 4 is 11.6 Å². The van der Waals surface area contributed by atoms with Crippen molar-refractivity contribution in [2.24, 2.45) is 0 Å². The summed E-state index contributed by atoms with van der Waals surface area (Å²) in [5, 5.41) is 6.13. The van der Waals surface area contributed by atoms with Gasteiger partial charge in [-0.25, -0.2) is 9.50 Å². The van der Waals surface area contributed by atoms with Crippen molar-refractivity contribution in [2.75, 3.05) is 6.54 Å². The van der Waals surface area contributed by atoms with Gasteiger partial charge in [0, 0.05) is 18.3 Å². The number of amides is 1. The number of halogens is 3. The van der Waals surface area contributed by atoms with Crippen LogP contribution in [0, 0.1) is 6.92 Å². The summed E-state index contributed by atoms with van der Waals surface area (Å²) in [6.45, 7) is 3.52. The molecule has 0 aliphatic heterocycles. The second-order valence-electron chi connectivity index (χ2n) is 3.94. The highest BCUT2D eigenvalue weighted by Gasteiger charge is 2.35. The third kappa shape index (κ3) is 2.51. The Morgan fingerprint density at radius 3 is 2.68 bits per heavy atom. The summed E-state index contributed by atoms with van der Waals surface area (Å²) in [4.78, 5) is 15.5. The van der Waals surface area contributed by atoms with Crippen molar-refractivity contribution in [3.63, 3.8) is 0 Å². The molecular weight excluding hydrogens is 261 g/mol. The van der Waals surface area contributed by atoms with Gasteiger partial charge in [0.2, 0.25) is 0 Å². The summed E-state index contributed by atoms with van der Waals surface area (Å²) in [5.41, 5.74) is -0.841. The van der Waals surface area contributed by atoms with E-state index >= 15 is 0 Å². The Labute approximate surface area is 106 Å². The highest BCUT2D eigenvalue weighted by Crippen LogP contribution is 2.29. The van der Waals surface area contributed by atoms with Crippen molar-refractivity contribution in [3.8, 4) is 0 Å². The van der Waals surface area contributed by atoms with Crippen molar-refractivity contribution in [3.05, 3.63) is 29.2 Å². The minimum absolute atomic E-state index is 0.00595. The van der Waals surface area contributed by atoms with E-state index in [1.807, 2.05) is 0 Å². The minimum atomic E-state index is -4.56. The average Bonchev–Trinajstić information content (AvgIpc) is 2.70. The molecule has 2 aromatic heterocycles. The first-order valence-electron chi connectivity index (χ1n) is 5.55. The number of hydrogen-bond donors (Lipinski definition) is 1. The van der Waals surface area contributed by atoms with E-state index in [1.54, 1.807) is 6.92 Å². The number of alkyl halides is 3. The number of carbonyl (C=O) groups excluding carboxylic acids is 1. The molecule has 0 atom stereocenters. The minimum Gasteiger partial charge on any atom is -0.351 e. The summed E-state index contributed by atoms with van der Waals surface area (Å²) >= 11 is 0. The molecule has 2 aromatic rings. The fourth-order valence-electron chi connectivity index (χ4n) is 1.66. The van der Waals surface area contributed by atoms with E-state index in [0.717, 1.165) is 6.07 Å². The molecule has 0 saturated heterocycles. The van der Waals surface area contributed by atoms with Gasteiger partial charge in [-0.05, 0) is 19.9 Å². The summed E-state index contributed by atoms with van der Waals surface area (Å²) in [6, 6.07) is 2.12. The fraction of sp³-hybridized carbons (Fsp3) is 0.364. The van der Waals surface area contributed by atoms with Crippen LogP contribution in [0.1, 0.15) is 28.8 Å². The zero-order chi connectivity index (χ0) is 14.2. The number of carbonyl (C=O) groups is 1. The van der Waals surface area contributed by atoms with E-state index < -0.39 is 17.8 Å². The molecule has 0 aliphatic rings. The molecular formula is C11H11F3N4O. The van der Waals surface area contributed by atoms with Crippen molar-refractivity contribution in [2.45, 2.75) is 20.0 Å². The molecule has 2 rings (SSSR count). The molecule has 0 bridgehead atoms. The summed E-state index contributed by atoms with van der Waals surface area (Å²) in [7, 11) is 0. The van der Waals surface area contributed by atoms with Gasteiger partial charge >= 0.3 is 6.18 Å². The van der Waals surface area contributed by atoms with Gasteiger partial charge in [-0.1, -0.05) is 0 Å². The maximum Gasteiger partial charge on any atom is 0.433 e. The average molecular weight is 272 g/mol. The molecule has 1 amide bonds. The molecule has 0 saturated carbocycles. The molecule has 0 unspecified atom stereocenters. The molecule has 0 radical (unpaired) electrons. The van der Waals surface area contributed by atoms with Gasteiger partial charge in [0.15, 0.2) is 11.3 Å². The monoisotopic (exact) mass is 272 g/mol. The smallest absolute Gasteiger partial charge is 0.351 e. The molecule has 102 valence electrons. The molecule has 1 N–H and O–H groups in total. The Balaban J connectivity index is 2.62. The lowest BCUT2D eigenvalue weighted by atomic mass is 10.3. The zero-order valence-corrected chi connectivity index (χ0v) is 10.2. The van der Waals surface area contributed by atoms with E-state index in [0.29, 0.717) is 11.1 Å².